The van der Waals surface area contributed by atoms with Gasteiger partial charge in [0.1, 0.15) is 11.1 Å². The summed E-state index contributed by atoms with van der Waals surface area (Å²) in [4.78, 5) is 13.6. The summed E-state index contributed by atoms with van der Waals surface area (Å²) in [6.45, 7) is 4.29. The van der Waals surface area contributed by atoms with Gasteiger partial charge in [0.2, 0.25) is 5.91 Å². The highest BCUT2D eigenvalue weighted by Crippen LogP contribution is 2.39. The third-order valence-corrected chi connectivity index (χ3v) is 6.61. The Kier molecular flexibility index (Phi) is 6.44. The van der Waals surface area contributed by atoms with Crippen molar-refractivity contribution in [3.63, 3.8) is 0 Å². The number of anilines is 1. The Hall–Kier alpha value is -1.58. The van der Waals surface area contributed by atoms with E-state index >= 15 is 0 Å². The van der Waals surface area contributed by atoms with E-state index in [2.05, 4.69) is 23.6 Å². The summed E-state index contributed by atoms with van der Waals surface area (Å²) >= 11 is 13.7. The molecule has 1 aromatic carbocycles. The fraction of sp³-hybridized carbons (Fsp3) is 0.400. The minimum atomic E-state index is -0.171. The van der Waals surface area contributed by atoms with Gasteiger partial charge in [0.25, 0.3) is 0 Å². The van der Waals surface area contributed by atoms with Crippen LogP contribution in [0.4, 0.5) is 5.00 Å². The van der Waals surface area contributed by atoms with E-state index in [9.17, 15) is 10.1 Å². The first-order valence-corrected chi connectivity index (χ1v) is 10.5. The molecular formula is C20H21Cl2N3OS. The number of nitrogens with one attached hydrogen (secondary N) is 2. The molecule has 0 radical (unpaired) electrons. The fourth-order valence-corrected chi connectivity index (χ4v) is 5.29. The van der Waals surface area contributed by atoms with Crippen molar-refractivity contribution in [2.24, 2.45) is 5.92 Å². The number of thiophene rings is 1. The predicted molar refractivity (Wildman–Crippen MR) is 112 cm³/mol. The van der Waals surface area contributed by atoms with E-state index in [-0.39, 0.29) is 18.5 Å². The maximum absolute atomic E-state index is 12.4. The van der Waals surface area contributed by atoms with Crippen molar-refractivity contribution in [2.75, 3.05) is 11.9 Å². The lowest BCUT2D eigenvalue weighted by atomic mass is 9.89. The van der Waals surface area contributed by atoms with Crippen LogP contribution in [-0.4, -0.2) is 12.5 Å². The maximum Gasteiger partial charge on any atom is 0.238 e. The summed E-state index contributed by atoms with van der Waals surface area (Å²) < 4.78 is 0. The molecule has 0 saturated heterocycles. The van der Waals surface area contributed by atoms with Crippen molar-refractivity contribution >= 4 is 45.4 Å². The smallest absolute Gasteiger partial charge is 0.238 e. The zero-order valence-corrected chi connectivity index (χ0v) is 17.6. The van der Waals surface area contributed by atoms with E-state index < -0.39 is 0 Å². The molecule has 1 aliphatic carbocycles. The highest BCUT2D eigenvalue weighted by Gasteiger charge is 2.24. The van der Waals surface area contributed by atoms with Crippen LogP contribution >= 0.6 is 34.5 Å². The second-order valence-electron chi connectivity index (χ2n) is 6.98. The zero-order valence-electron chi connectivity index (χ0n) is 15.2. The molecule has 142 valence electrons. The van der Waals surface area contributed by atoms with Crippen LogP contribution in [0.1, 0.15) is 47.9 Å². The van der Waals surface area contributed by atoms with E-state index in [1.165, 1.54) is 16.2 Å². The number of benzene rings is 1. The Morgan fingerprint density at radius 2 is 2.22 bits per heavy atom. The normalized spacial score (nSPS) is 17.1. The second-order valence-corrected chi connectivity index (χ2v) is 8.93. The Bertz CT molecular complexity index is 903. The molecule has 0 aliphatic heterocycles. The van der Waals surface area contributed by atoms with E-state index in [0.717, 1.165) is 30.4 Å². The molecule has 1 aliphatic rings. The summed E-state index contributed by atoms with van der Waals surface area (Å²) in [5.74, 6) is 0.452. The van der Waals surface area contributed by atoms with Crippen molar-refractivity contribution in [2.45, 2.75) is 39.2 Å². The highest BCUT2D eigenvalue weighted by molar-refractivity contribution is 7.16. The molecule has 7 heteroatoms. The van der Waals surface area contributed by atoms with Gasteiger partial charge in [-0.15, -0.1) is 11.3 Å². The van der Waals surface area contributed by atoms with Gasteiger partial charge in [0.05, 0.1) is 12.1 Å². The molecular weight excluding hydrogens is 401 g/mol. The summed E-state index contributed by atoms with van der Waals surface area (Å²) in [6.07, 6.45) is 2.98. The topological polar surface area (TPSA) is 64.9 Å². The standard InChI is InChI=1S/C20H21Cl2N3OS/c1-11-3-5-15-16(9-23)20(27-18(15)7-11)25-19(26)10-24-12(2)14-6-4-13(21)8-17(14)22/h4,6,8,11-12,24H,3,5,7,10H2,1-2H3,(H,25,26). The van der Waals surface area contributed by atoms with E-state index in [0.29, 0.717) is 26.5 Å². The Morgan fingerprint density at radius 3 is 2.93 bits per heavy atom. The maximum atomic E-state index is 12.4. The van der Waals surface area contributed by atoms with Crippen LogP contribution in [0.5, 0.6) is 0 Å². The van der Waals surface area contributed by atoms with Gasteiger partial charge < -0.3 is 10.6 Å². The van der Waals surface area contributed by atoms with Crippen molar-refractivity contribution in [3.05, 3.63) is 49.8 Å². The van der Waals surface area contributed by atoms with Gasteiger partial charge in [-0.3, -0.25) is 4.79 Å². The molecule has 0 bridgehead atoms. The molecule has 3 rings (SSSR count). The minimum absolute atomic E-state index is 0.103. The molecule has 1 aromatic heterocycles. The molecule has 0 saturated carbocycles. The van der Waals surface area contributed by atoms with Gasteiger partial charge in [-0.05, 0) is 55.4 Å². The summed E-state index contributed by atoms with van der Waals surface area (Å²) in [7, 11) is 0. The van der Waals surface area contributed by atoms with Crippen LogP contribution in [0, 0.1) is 17.2 Å². The van der Waals surface area contributed by atoms with Crippen molar-refractivity contribution in [1.82, 2.24) is 5.32 Å². The van der Waals surface area contributed by atoms with Crippen LogP contribution in [0.25, 0.3) is 0 Å². The summed E-state index contributed by atoms with van der Waals surface area (Å²) in [5.41, 5.74) is 2.63. The zero-order chi connectivity index (χ0) is 19.6. The number of rotatable bonds is 5. The van der Waals surface area contributed by atoms with Gasteiger partial charge in [0, 0.05) is 21.0 Å². The molecule has 2 atom stereocenters. The number of fused-ring (bicyclic) bond motifs is 1. The van der Waals surface area contributed by atoms with Crippen LogP contribution in [0.3, 0.4) is 0 Å². The first kappa shape index (κ1) is 20.2. The average Bonchev–Trinajstić information content (AvgIpc) is 2.95. The Morgan fingerprint density at radius 1 is 1.44 bits per heavy atom. The lowest BCUT2D eigenvalue weighted by Gasteiger charge is -2.17. The molecule has 0 spiro atoms. The van der Waals surface area contributed by atoms with Gasteiger partial charge in [-0.2, -0.15) is 5.26 Å². The second kappa shape index (κ2) is 8.62. The molecule has 1 heterocycles. The molecule has 2 aromatic rings. The van der Waals surface area contributed by atoms with Crippen LogP contribution in [-0.2, 0) is 17.6 Å². The number of carbonyl (C=O) groups is 1. The number of hydrogen-bond acceptors (Lipinski definition) is 4. The van der Waals surface area contributed by atoms with Crippen LogP contribution < -0.4 is 10.6 Å². The quantitative estimate of drug-likeness (QED) is 0.684. The molecule has 4 nitrogen and oxygen atoms in total. The molecule has 2 unspecified atom stereocenters. The van der Waals surface area contributed by atoms with Crippen molar-refractivity contribution in [1.29, 1.82) is 5.26 Å². The number of halogens is 2. The summed E-state index contributed by atoms with van der Waals surface area (Å²) in [6, 6.07) is 7.48. The highest BCUT2D eigenvalue weighted by atomic mass is 35.5. The van der Waals surface area contributed by atoms with E-state index in [1.807, 2.05) is 13.0 Å². The van der Waals surface area contributed by atoms with Gasteiger partial charge in [0.15, 0.2) is 0 Å². The third-order valence-electron chi connectivity index (χ3n) is 4.87. The lowest BCUT2D eigenvalue weighted by molar-refractivity contribution is -0.115. The Labute approximate surface area is 173 Å². The van der Waals surface area contributed by atoms with Crippen molar-refractivity contribution < 1.29 is 4.79 Å². The molecule has 2 N–H and O–H groups in total. The van der Waals surface area contributed by atoms with Gasteiger partial charge in [-0.25, -0.2) is 0 Å². The fourth-order valence-electron chi connectivity index (χ4n) is 3.34. The SMILES string of the molecule is CC1CCc2c(sc(NC(=O)CNC(C)c3ccc(Cl)cc3Cl)c2C#N)C1. The molecule has 27 heavy (non-hydrogen) atoms. The van der Waals surface area contributed by atoms with E-state index in [1.54, 1.807) is 12.1 Å². The number of nitriles is 1. The molecule has 0 fully saturated rings. The van der Waals surface area contributed by atoms with Gasteiger partial charge >= 0.3 is 0 Å². The average molecular weight is 422 g/mol. The summed E-state index contributed by atoms with van der Waals surface area (Å²) in [5, 5.41) is 17.4. The lowest BCUT2D eigenvalue weighted by Crippen LogP contribution is -2.30. The van der Waals surface area contributed by atoms with E-state index in [4.69, 9.17) is 23.2 Å². The van der Waals surface area contributed by atoms with Gasteiger partial charge in [-0.1, -0.05) is 36.2 Å². The number of amides is 1. The van der Waals surface area contributed by atoms with Crippen LogP contribution in [0.2, 0.25) is 10.0 Å². The third kappa shape index (κ3) is 4.64. The largest absolute Gasteiger partial charge is 0.315 e. The number of nitrogens with zero attached hydrogens (tertiary/aromatic N) is 1. The minimum Gasteiger partial charge on any atom is -0.315 e. The first-order chi connectivity index (χ1) is 12.9. The Balaban J connectivity index is 1.64. The monoisotopic (exact) mass is 421 g/mol. The van der Waals surface area contributed by atoms with Crippen LogP contribution in [0.15, 0.2) is 18.2 Å². The van der Waals surface area contributed by atoms with Crippen molar-refractivity contribution in [3.8, 4) is 6.07 Å². The predicted octanol–water partition coefficient (Wildman–Crippen LogP) is 5.34. The number of carbonyl (C=O) groups excluding carboxylic acids is 1. The first-order valence-electron chi connectivity index (χ1n) is 8.91. The molecule has 1 amide bonds. The number of hydrogen-bond donors (Lipinski definition) is 2.